The van der Waals surface area contributed by atoms with Crippen LogP contribution in [0.5, 0.6) is 11.5 Å². The molecular formula is C15H17NO6. The van der Waals surface area contributed by atoms with Crippen LogP contribution in [0.4, 0.5) is 5.69 Å². The molecule has 22 heavy (non-hydrogen) atoms. The number of aliphatic carboxylic acids is 1. The van der Waals surface area contributed by atoms with Gasteiger partial charge in [-0.1, -0.05) is 0 Å². The Morgan fingerprint density at radius 3 is 2.68 bits per heavy atom. The smallest absolute Gasteiger partial charge is 0.363 e. The first-order valence-corrected chi connectivity index (χ1v) is 6.86. The predicted octanol–water partition coefficient (Wildman–Crippen LogP) is 2.18. The van der Waals surface area contributed by atoms with Gasteiger partial charge in [0.05, 0.1) is 5.39 Å². The van der Waals surface area contributed by atoms with Gasteiger partial charge in [-0.15, -0.1) is 0 Å². The summed E-state index contributed by atoms with van der Waals surface area (Å²) in [5, 5.41) is 31.4. The van der Waals surface area contributed by atoms with Crippen molar-refractivity contribution in [3.8, 4) is 11.5 Å². The molecule has 0 saturated carbocycles. The fraction of sp³-hybridized carbons (Fsp3) is 0.333. The Labute approximate surface area is 125 Å². The zero-order valence-electron chi connectivity index (χ0n) is 12.0. The second-order valence-electron chi connectivity index (χ2n) is 4.98. The molecule has 0 spiro atoms. The molecular weight excluding hydrogens is 290 g/mol. The van der Waals surface area contributed by atoms with Crippen molar-refractivity contribution < 1.29 is 24.5 Å². The van der Waals surface area contributed by atoms with Crippen LogP contribution < -0.4 is 10.9 Å². The summed E-state index contributed by atoms with van der Waals surface area (Å²) in [6.45, 7) is 1.92. The number of carboxylic acids is 1. The molecule has 4 N–H and O–H groups in total. The van der Waals surface area contributed by atoms with Gasteiger partial charge in [0.1, 0.15) is 11.3 Å². The van der Waals surface area contributed by atoms with Crippen LogP contribution in [0, 0.1) is 6.92 Å². The van der Waals surface area contributed by atoms with Crippen LogP contribution in [0.25, 0.3) is 11.0 Å². The number of anilines is 1. The Balaban J connectivity index is 2.22. The fourth-order valence-corrected chi connectivity index (χ4v) is 2.14. The minimum atomic E-state index is -0.872. The maximum Gasteiger partial charge on any atom is 0.363 e. The molecule has 2 aromatic rings. The highest BCUT2D eigenvalue weighted by atomic mass is 16.4. The first-order chi connectivity index (χ1) is 10.4. The topological polar surface area (TPSA) is 120 Å². The van der Waals surface area contributed by atoms with Gasteiger partial charge in [-0.25, -0.2) is 4.79 Å². The van der Waals surface area contributed by atoms with Gasteiger partial charge in [0.15, 0.2) is 11.4 Å². The van der Waals surface area contributed by atoms with Crippen LogP contribution in [-0.4, -0.2) is 27.8 Å². The van der Waals surface area contributed by atoms with E-state index in [1.165, 1.54) is 12.1 Å². The van der Waals surface area contributed by atoms with Crippen LogP contribution in [-0.2, 0) is 4.79 Å². The number of phenolic OH excluding ortho intramolecular Hbond substituents is 1. The quantitative estimate of drug-likeness (QED) is 0.477. The number of nitrogens with one attached hydrogen (secondary N) is 1. The summed E-state index contributed by atoms with van der Waals surface area (Å²) in [6, 6.07) is 2.87. The van der Waals surface area contributed by atoms with Gasteiger partial charge >= 0.3 is 11.6 Å². The molecule has 0 saturated heterocycles. The molecule has 2 rings (SSSR count). The molecule has 0 radical (unpaired) electrons. The first-order valence-electron chi connectivity index (χ1n) is 6.86. The summed E-state index contributed by atoms with van der Waals surface area (Å²) in [7, 11) is 0. The van der Waals surface area contributed by atoms with Crippen LogP contribution >= 0.6 is 0 Å². The second kappa shape index (κ2) is 6.38. The summed E-state index contributed by atoms with van der Waals surface area (Å²) < 4.78 is 5.15. The molecule has 0 aliphatic carbocycles. The average Bonchev–Trinajstić information content (AvgIpc) is 2.46. The monoisotopic (exact) mass is 307 g/mol. The Morgan fingerprint density at radius 2 is 2.00 bits per heavy atom. The number of fused-ring (bicyclic) bond motifs is 1. The zero-order valence-corrected chi connectivity index (χ0v) is 12.0. The van der Waals surface area contributed by atoms with E-state index in [0.717, 1.165) is 0 Å². The van der Waals surface area contributed by atoms with E-state index in [9.17, 15) is 19.8 Å². The van der Waals surface area contributed by atoms with Gasteiger partial charge in [0.2, 0.25) is 0 Å². The van der Waals surface area contributed by atoms with Crippen molar-refractivity contribution in [1.82, 2.24) is 0 Å². The van der Waals surface area contributed by atoms with Gasteiger partial charge in [-0.3, -0.25) is 4.79 Å². The van der Waals surface area contributed by atoms with Gasteiger partial charge in [-0.2, -0.15) is 0 Å². The Kier molecular flexibility index (Phi) is 4.55. The lowest BCUT2D eigenvalue weighted by molar-refractivity contribution is -0.137. The van der Waals surface area contributed by atoms with Crippen molar-refractivity contribution in [3.05, 3.63) is 28.1 Å². The van der Waals surface area contributed by atoms with Crippen molar-refractivity contribution in [2.75, 3.05) is 11.9 Å². The number of carboxylic acid groups (broad SMARTS) is 1. The zero-order chi connectivity index (χ0) is 16.3. The Hall–Kier alpha value is -2.70. The average molecular weight is 307 g/mol. The van der Waals surface area contributed by atoms with Gasteiger partial charge < -0.3 is 25.1 Å². The molecule has 118 valence electrons. The highest BCUT2D eigenvalue weighted by Gasteiger charge is 2.16. The Bertz CT molecular complexity index is 765. The predicted molar refractivity (Wildman–Crippen MR) is 80.5 cm³/mol. The second-order valence-corrected chi connectivity index (χ2v) is 4.98. The maximum atomic E-state index is 11.9. The summed E-state index contributed by atoms with van der Waals surface area (Å²) >= 11 is 0. The van der Waals surface area contributed by atoms with Gasteiger partial charge in [0.25, 0.3) is 0 Å². The number of aromatic hydroxyl groups is 2. The molecule has 0 aliphatic heterocycles. The van der Waals surface area contributed by atoms with Crippen molar-refractivity contribution in [3.63, 3.8) is 0 Å². The van der Waals surface area contributed by atoms with Crippen molar-refractivity contribution in [2.24, 2.45) is 0 Å². The number of rotatable bonds is 6. The molecule has 7 nitrogen and oxygen atoms in total. The van der Waals surface area contributed by atoms with E-state index in [2.05, 4.69) is 5.32 Å². The van der Waals surface area contributed by atoms with Crippen LogP contribution in [0.2, 0.25) is 0 Å². The van der Waals surface area contributed by atoms with Gasteiger partial charge in [0, 0.05) is 18.5 Å². The lowest BCUT2D eigenvalue weighted by Gasteiger charge is -2.10. The molecule has 1 aromatic carbocycles. The minimum absolute atomic E-state index is 0.0237. The number of hydrogen-bond donors (Lipinski definition) is 4. The highest BCUT2D eigenvalue weighted by Crippen LogP contribution is 2.34. The van der Waals surface area contributed by atoms with E-state index in [1.54, 1.807) is 6.92 Å². The number of unbranched alkanes of at least 4 members (excludes halogenated alkanes) is 1. The summed E-state index contributed by atoms with van der Waals surface area (Å²) in [5.74, 6) is -1.14. The third-order valence-electron chi connectivity index (χ3n) is 3.39. The number of aryl methyl sites for hydroxylation is 1. The minimum Gasteiger partial charge on any atom is -0.508 e. The van der Waals surface area contributed by atoms with Crippen molar-refractivity contribution in [2.45, 2.75) is 26.2 Å². The molecule has 0 amide bonds. The third kappa shape index (κ3) is 3.13. The molecule has 1 heterocycles. The molecule has 0 unspecified atom stereocenters. The van der Waals surface area contributed by atoms with E-state index in [-0.39, 0.29) is 29.2 Å². The Morgan fingerprint density at radius 1 is 1.27 bits per heavy atom. The molecule has 1 aromatic heterocycles. The fourth-order valence-electron chi connectivity index (χ4n) is 2.14. The summed E-state index contributed by atoms with van der Waals surface area (Å²) in [4.78, 5) is 22.3. The number of phenols is 1. The van der Waals surface area contributed by atoms with E-state index >= 15 is 0 Å². The normalized spacial score (nSPS) is 10.8. The van der Waals surface area contributed by atoms with Crippen molar-refractivity contribution >= 4 is 22.6 Å². The molecule has 0 aliphatic rings. The van der Waals surface area contributed by atoms with E-state index < -0.39 is 11.6 Å². The van der Waals surface area contributed by atoms with E-state index in [4.69, 9.17) is 9.52 Å². The van der Waals surface area contributed by atoms with Crippen LogP contribution in [0.1, 0.15) is 24.8 Å². The van der Waals surface area contributed by atoms with Crippen molar-refractivity contribution in [1.29, 1.82) is 0 Å². The maximum absolute atomic E-state index is 11.9. The lowest BCUT2D eigenvalue weighted by atomic mass is 10.1. The summed E-state index contributed by atoms with van der Waals surface area (Å²) in [6.07, 6.45) is 1.06. The number of carbonyl (C=O) groups is 1. The standard InChI is InChI=1S/C15H17NO6/c1-8-10(17)6-5-9-13(20)12(15(21)22-14(8)9)16-7-3-2-4-11(18)19/h5-6,16-17,20H,2-4,7H2,1H3,(H,18,19). The SMILES string of the molecule is Cc1c(O)ccc2c(O)c(NCCCCC(=O)O)c(=O)oc12. The van der Waals surface area contributed by atoms with Crippen LogP contribution in [0.15, 0.2) is 21.3 Å². The van der Waals surface area contributed by atoms with Crippen LogP contribution in [0.3, 0.4) is 0 Å². The lowest BCUT2D eigenvalue weighted by Crippen LogP contribution is -2.12. The van der Waals surface area contributed by atoms with Gasteiger partial charge in [-0.05, 0) is 31.9 Å². The number of benzene rings is 1. The largest absolute Gasteiger partial charge is 0.508 e. The van der Waals surface area contributed by atoms with E-state index in [1.807, 2.05) is 0 Å². The first kappa shape index (κ1) is 15.7. The van der Waals surface area contributed by atoms with E-state index in [0.29, 0.717) is 30.3 Å². The molecule has 0 fully saturated rings. The third-order valence-corrected chi connectivity index (χ3v) is 3.39. The summed E-state index contributed by atoms with van der Waals surface area (Å²) in [5.41, 5.74) is -0.290. The highest BCUT2D eigenvalue weighted by molar-refractivity contribution is 5.91. The number of hydrogen-bond acceptors (Lipinski definition) is 6. The molecule has 0 bridgehead atoms. The molecule has 0 atom stereocenters. The molecule has 7 heteroatoms.